The second-order valence-corrected chi connectivity index (χ2v) is 8.36. The lowest BCUT2D eigenvalue weighted by Crippen LogP contribution is -2.49. The monoisotopic (exact) mass is 472 g/mol. The molecule has 6 N–H and O–H groups in total. The van der Waals surface area contributed by atoms with Gasteiger partial charge in [-0.05, 0) is 32.2 Å². The van der Waals surface area contributed by atoms with E-state index in [0.29, 0.717) is 0 Å². The van der Waals surface area contributed by atoms with Gasteiger partial charge in [0.2, 0.25) is 17.9 Å². The maximum absolute atomic E-state index is 12.7. The van der Waals surface area contributed by atoms with E-state index in [2.05, 4.69) is 5.32 Å². The number of nitrogens with zero attached hydrogens (tertiary/aromatic N) is 1. The van der Waals surface area contributed by atoms with Gasteiger partial charge in [-0.25, -0.2) is 19.2 Å². The molecule has 0 saturated carbocycles. The highest BCUT2D eigenvalue weighted by Gasteiger charge is 2.36. The number of ether oxygens (including phenoxy) is 2. The first kappa shape index (κ1) is 28.0. The largest absolute Gasteiger partial charge is 0.478 e. The molecule has 1 heterocycles. The second kappa shape index (κ2) is 12.8. The molecule has 0 radical (unpaired) electrons. The van der Waals surface area contributed by atoms with Crippen LogP contribution in [-0.4, -0.2) is 83.5 Å². The first-order valence-electron chi connectivity index (χ1n) is 10.5. The van der Waals surface area contributed by atoms with E-state index in [4.69, 9.17) is 20.9 Å². The van der Waals surface area contributed by atoms with Crippen LogP contribution in [-0.2, 0) is 38.2 Å². The first-order valence-corrected chi connectivity index (χ1v) is 10.5. The number of rotatable bonds is 13. The Balaban J connectivity index is 2.82. The summed E-state index contributed by atoms with van der Waals surface area (Å²) in [5, 5.41) is 11.9. The predicted octanol–water partition coefficient (Wildman–Crippen LogP) is -1.73. The Morgan fingerprint density at radius 2 is 1.85 bits per heavy atom. The summed E-state index contributed by atoms with van der Waals surface area (Å²) in [6.45, 7) is 3.24. The van der Waals surface area contributed by atoms with Crippen LogP contribution in [0.15, 0.2) is 0 Å². The van der Waals surface area contributed by atoms with Crippen molar-refractivity contribution in [2.45, 2.75) is 70.2 Å². The number of nitrogens with one attached hydrogen (secondary N) is 1. The third-order valence-corrected chi connectivity index (χ3v) is 4.97. The summed E-state index contributed by atoms with van der Waals surface area (Å²) in [6.07, 6.45) is -1.35. The minimum Gasteiger partial charge on any atom is -0.478 e. The molecule has 1 aliphatic heterocycles. The Labute approximate surface area is 191 Å². The summed E-state index contributed by atoms with van der Waals surface area (Å²) >= 11 is 0. The molecule has 33 heavy (non-hydrogen) atoms. The summed E-state index contributed by atoms with van der Waals surface area (Å²) < 4.78 is 9.89. The van der Waals surface area contributed by atoms with Crippen LogP contribution in [0.2, 0.25) is 0 Å². The van der Waals surface area contributed by atoms with Crippen LogP contribution in [0, 0.1) is 5.92 Å². The molecule has 2 amide bonds. The zero-order valence-corrected chi connectivity index (χ0v) is 18.9. The molecule has 0 aromatic carbocycles. The van der Waals surface area contributed by atoms with Crippen molar-refractivity contribution in [3.05, 3.63) is 0 Å². The number of hydrogen-bond donors (Lipinski definition) is 4. The second-order valence-electron chi connectivity index (χ2n) is 8.36. The topological polar surface area (TPSA) is 208 Å². The number of carboxylic acids is 1. The SMILES string of the molecule is CC(C)C[C@H](C(=O)OC(=O)[C@@H](N)CCC(N)=O)N(C)C[C@H](OC(=O)[C@@H]1CCC(=O)N1)C(=O)O. The molecular weight excluding hydrogens is 440 g/mol. The Morgan fingerprint density at radius 3 is 2.33 bits per heavy atom. The summed E-state index contributed by atoms with van der Waals surface area (Å²) in [4.78, 5) is 72.0. The average Bonchev–Trinajstić information content (AvgIpc) is 3.15. The van der Waals surface area contributed by atoms with E-state index in [1.807, 2.05) is 13.8 Å². The number of aliphatic carboxylic acids is 1. The Bertz CT molecular complexity index is 771. The fourth-order valence-corrected chi connectivity index (χ4v) is 3.13. The molecule has 0 unspecified atom stereocenters. The number of nitrogens with two attached hydrogens (primary N) is 2. The van der Waals surface area contributed by atoms with Gasteiger partial charge >= 0.3 is 23.9 Å². The normalized spacial score (nSPS) is 18.4. The number of hydrogen-bond acceptors (Lipinski definition) is 10. The van der Waals surface area contributed by atoms with E-state index in [-0.39, 0.29) is 50.5 Å². The van der Waals surface area contributed by atoms with Crippen molar-refractivity contribution >= 4 is 35.7 Å². The van der Waals surface area contributed by atoms with E-state index in [0.717, 1.165) is 0 Å². The minimum absolute atomic E-state index is 0.0387. The first-order chi connectivity index (χ1) is 15.3. The smallest absolute Gasteiger partial charge is 0.346 e. The fourth-order valence-electron chi connectivity index (χ4n) is 3.13. The highest BCUT2D eigenvalue weighted by Crippen LogP contribution is 2.15. The van der Waals surface area contributed by atoms with E-state index in [9.17, 15) is 33.9 Å². The van der Waals surface area contributed by atoms with Crippen LogP contribution >= 0.6 is 0 Å². The number of esters is 3. The molecule has 1 rings (SSSR count). The lowest BCUT2D eigenvalue weighted by atomic mass is 10.0. The van der Waals surface area contributed by atoms with Gasteiger partial charge in [0.1, 0.15) is 18.1 Å². The van der Waals surface area contributed by atoms with Crippen LogP contribution in [0.4, 0.5) is 0 Å². The van der Waals surface area contributed by atoms with Gasteiger partial charge in [0.25, 0.3) is 0 Å². The van der Waals surface area contributed by atoms with Crippen molar-refractivity contribution in [1.82, 2.24) is 10.2 Å². The van der Waals surface area contributed by atoms with Gasteiger partial charge in [0.15, 0.2) is 0 Å². The van der Waals surface area contributed by atoms with Crippen molar-refractivity contribution < 1.29 is 43.3 Å². The lowest BCUT2D eigenvalue weighted by molar-refractivity contribution is -0.169. The van der Waals surface area contributed by atoms with E-state index in [1.165, 1.54) is 11.9 Å². The molecule has 0 aromatic heterocycles. The molecule has 13 heteroatoms. The van der Waals surface area contributed by atoms with Gasteiger partial charge in [-0.3, -0.25) is 14.5 Å². The molecule has 1 aliphatic rings. The number of amides is 2. The van der Waals surface area contributed by atoms with Crippen molar-refractivity contribution in [1.29, 1.82) is 0 Å². The van der Waals surface area contributed by atoms with Crippen LogP contribution in [0.5, 0.6) is 0 Å². The Kier molecular flexibility index (Phi) is 10.9. The van der Waals surface area contributed by atoms with Crippen LogP contribution in [0.3, 0.4) is 0 Å². The summed E-state index contributed by atoms with van der Waals surface area (Å²) in [6, 6.07) is -3.20. The highest BCUT2D eigenvalue weighted by molar-refractivity contribution is 5.91. The highest BCUT2D eigenvalue weighted by atomic mass is 16.6. The molecule has 186 valence electrons. The molecule has 0 aliphatic carbocycles. The van der Waals surface area contributed by atoms with E-state index < -0.39 is 54.0 Å². The summed E-state index contributed by atoms with van der Waals surface area (Å²) in [5.74, 6) is -5.36. The minimum atomic E-state index is -1.63. The van der Waals surface area contributed by atoms with Crippen molar-refractivity contribution in [3.63, 3.8) is 0 Å². The number of carboxylic acid groups (broad SMARTS) is 1. The van der Waals surface area contributed by atoms with Crippen LogP contribution < -0.4 is 16.8 Å². The van der Waals surface area contributed by atoms with Gasteiger partial charge in [-0.15, -0.1) is 0 Å². The third kappa shape index (κ3) is 9.53. The van der Waals surface area contributed by atoms with Gasteiger partial charge in [-0.1, -0.05) is 13.8 Å². The van der Waals surface area contributed by atoms with E-state index >= 15 is 0 Å². The third-order valence-electron chi connectivity index (χ3n) is 4.97. The molecule has 0 spiro atoms. The molecule has 1 saturated heterocycles. The summed E-state index contributed by atoms with van der Waals surface area (Å²) in [7, 11) is 1.42. The standard InChI is InChI=1S/C20H32N4O9/c1-10(2)8-13(20(31)33-18(29)11(21)4-6-15(22)25)24(3)9-14(17(27)28)32-19(30)12-5-7-16(26)23-12/h10-14H,4-9,21H2,1-3H3,(H2,22,25)(H,23,26)(H,27,28)/t11-,12-,13+,14-/m0/s1. The number of carbonyl (C=O) groups is 6. The maximum atomic E-state index is 12.7. The maximum Gasteiger partial charge on any atom is 0.346 e. The van der Waals surface area contributed by atoms with Crippen molar-refractivity contribution in [2.75, 3.05) is 13.6 Å². The van der Waals surface area contributed by atoms with E-state index in [1.54, 1.807) is 0 Å². The molecule has 4 atom stereocenters. The van der Waals surface area contributed by atoms with Gasteiger partial charge in [0, 0.05) is 19.4 Å². The van der Waals surface area contributed by atoms with Gasteiger partial charge < -0.3 is 31.4 Å². The van der Waals surface area contributed by atoms with Crippen LogP contribution in [0.1, 0.15) is 46.0 Å². The molecule has 13 nitrogen and oxygen atoms in total. The predicted molar refractivity (Wildman–Crippen MR) is 112 cm³/mol. The lowest BCUT2D eigenvalue weighted by Gasteiger charge is -2.29. The van der Waals surface area contributed by atoms with Crippen molar-refractivity contribution in [2.24, 2.45) is 17.4 Å². The summed E-state index contributed by atoms with van der Waals surface area (Å²) in [5.41, 5.74) is 10.6. The molecule has 1 fully saturated rings. The number of primary amides is 1. The zero-order valence-electron chi connectivity index (χ0n) is 18.9. The fraction of sp³-hybridized carbons (Fsp3) is 0.700. The van der Waals surface area contributed by atoms with Crippen LogP contribution in [0.25, 0.3) is 0 Å². The molecule has 0 aromatic rings. The van der Waals surface area contributed by atoms with Gasteiger partial charge in [0.05, 0.1) is 0 Å². The molecule has 0 bridgehead atoms. The molecular formula is C20H32N4O9. The Morgan fingerprint density at radius 1 is 1.21 bits per heavy atom. The average molecular weight is 472 g/mol. The number of likely N-dealkylation sites (N-methyl/N-ethyl adjacent to an activating group) is 1. The Hall–Kier alpha value is -3.06. The number of carbonyl (C=O) groups excluding carboxylic acids is 5. The quantitative estimate of drug-likeness (QED) is 0.175. The zero-order chi connectivity index (χ0) is 25.3. The van der Waals surface area contributed by atoms with Crippen molar-refractivity contribution in [3.8, 4) is 0 Å². The van der Waals surface area contributed by atoms with Gasteiger partial charge in [-0.2, -0.15) is 0 Å².